The Morgan fingerprint density at radius 2 is 1.82 bits per heavy atom. The van der Waals surface area contributed by atoms with Crippen LogP contribution in [0.1, 0.15) is 64.2 Å². The average molecular weight is 237 g/mol. The summed E-state index contributed by atoms with van der Waals surface area (Å²) < 4.78 is 0. The summed E-state index contributed by atoms with van der Waals surface area (Å²) in [5.41, 5.74) is 0. The lowest BCUT2D eigenvalue weighted by Crippen LogP contribution is -2.25. The zero-order chi connectivity index (χ0) is 12.3. The zero-order valence-electron chi connectivity index (χ0n) is 11.7. The predicted octanol–water partition coefficient (Wildman–Crippen LogP) is 4.54. The van der Waals surface area contributed by atoms with E-state index in [0.717, 1.165) is 11.8 Å². The second-order valence-electron chi connectivity index (χ2n) is 5.64. The highest BCUT2D eigenvalue weighted by atomic mass is 14.8. The third-order valence-electron chi connectivity index (χ3n) is 4.27. The maximum Gasteiger partial charge on any atom is -0.00209 e. The van der Waals surface area contributed by atoms with Crippen molar-refractivity contribution in [3.8, 4) is 0 Å². The molecule has 100 valence electrons. The van der Waals surface area contributed by atoms with E-state index < -0.39 is 0 Å². The summed E-state index contributed by atoms with van der Waals surface area (Å²) in [5.74, 6) is 1.94. The van der Waals surface area contributed by atoms with Crippen molar-refractivity contribution in [3.63, 3.8) is 0 Å². The second kappa shape index (κ2) is 9.70. The normalized spacial score (nSPS) is 25.5. The molecule has 17 heavy (non-hydrogen) atoms. The Labute approximate surface area is 108 Å². The minimum atomic E-state index is 0.946. The van der Waals surface area contributed by atoms with Crippen molar-refractivity contribution in [1.82, 2.24) is 5.32 Å². The first-order chi connectivity index (χ1) is 8.38. The van der Waals surface area contributed by atoms with Crippen LogP contribution in [-0.4, -0.2) is 13.6 Å². The second-order valence-corrected chi connectivity index (χ2v) is 5.64. The molecule has 0 heterocycles. The lowest BCUT2D eigenvalue weighted by atomic mass is 9.84. The van der Waals surface area contributed by atoms with Crippen molar-refractivity contribution < 1.29 is 0 Å². The Morgan fingerprint density at radius 3 is 2.53 bits per heavy atom. The molecule has 1 rings (SSSR count). The molecule has 1 nitrogen and oxygen atoms in total. The van der Waals surface area contributed by atoms with E-state index in [-0.39, 0.29) is 0 Å². The fraction of sp³-hybridized carbons (Fsp3) is 0.875. The van der Waals surface area contributed by atoms with Gasteiger partial charge in [-0.25, -0.2) is 0 Å². The predicted molar refractivity (Wildman–Crippen MR) is 77.3 cm³/mol. The van der Waals surface area contributed by atoms with Crippen LogP contribution in [-0.2, 0) is 0 Å². The number of hydrogen-bond donors (Lipinski definition) is 1. The van der Waals surface area contributed by atoms with E-state index in [4.69, 9.17) is 0 Å². The van der Waals surface area contributed by atoms with Gasteiger partial charge in [0.25, 0.3) is 0 Å². The molecule has 1 N–H and O–H groups in total. The summed E-state index contributed by atoms with van der Waals surface area (Å²) in [6.45, 7) is 5.02. The van der Waals surface area contributed by atoms with Crippen LogP contribution in [0.25, 0.3) is 0 Å². The summed E-state index contributed by atoms with van der Waals surface area (Å²) in [5, 5.41) is 3.39. The zero-order valence-corrected chi connectivity index (χ0v) is 11.7. The summed E-state index contributed by atoms with van der Waals surface area (Å²) >= 11 is 0. The van der Waals surface area contributed by atoms with E-state index in [1.54, 1.807) is 0 Å². The van der Waals surface area contributed by atoms with Crippen molar-refractivity contribution in [2.75, 3.05) is 13.6 Å². The van der Waals surface area contributed by atoms with Gasteiger partial charge in [0.15, 0.2) is 0 Å². The van der Waals surface area contributed by atoms with Gasteiger partial charge in [0.1, 0.15) is 0 Å². The van der Waals surface area contributed by atoms with Gasteiger partial charge in [0.05, 0.1) is 0 Å². The number of nitrogens with one attached hydrogen (secondary N) is 1. The summed E-state index contributed by atoms with van der Waals surface area (Å²) in [6.07, 6.45) is 16.2. The summed E-state index contributed by atoms with van der Waals surface area (Å²) in [4.78, 5) is 0. The quantitative estimate of drug-likeness (QED) is 0.371. The van der Waals surface area contributed by atoms with Gasteiger partial charge in [-0.15, -0.1) is 6.58 Å². The first-order valence-electron chi connectivity index (χ1n) is 7.64. The fourth-order valence-corrected chi connectivity index (χ4v) is 3.24. The molecule has 0 aromatic heterocycles. The largest absolute Gasteiger partial charge is 0.319 e. The summed E-state index contributed by atoms with van der Waals surface area (Å²) in [7, 11) is 2.10. The molecule has 0 bridgehead atoms. The molecule has 2 atom stereocenters. The van der Waals surface area contributed by atoms with Crippen LogP contribution in [0.2, 0.25) is 0 Å². The number of unbranched alkanes of at least 4 members (excludes halogenated alkanes) is 3. The van der Waals surface area contributed by atoms with Crippen molar-refractivity contribution >= 4 is 0 Å². The number of rotatable bonds is 8. The maximum absolute atomic E-state index is 3.79. The minimum absolute atomic E-state index is 0.946. The molecule has 0 aliphatic heterocycles. The van der Waals surface area contributed by atoms with E-state index in [1.165, 1.54) is 70.8 Å². The molecule has 2 unspecified atom stereocenters. The lowest BCUT2D eigenvalue weighted by Gasteiger charge is -2.25. The van der Waals surface area contributed by atoms with Crippen molar-refractivity contribution in [3.05, 3.63) is 12.7 Å². The molecule has 1 saturated carbocycles. The molecule has 0 spiro atoms. The van der Waals surface area contributed by atoms with E-state index in [1.807, 2.05) is 0 Å². The first kappa shape index (κ1) is 14.8. The van der Waals surface area contributed by atoms with E-state index in [9.17, 15) is 0 Å². The van der Waals surface area contributed by atoms with Gasteiger partial charge in [0, 0.05) is 0 Å². The lowest BCUT2D eigenvalue weighted by molar-refractivity contribution is 0.281. The Hall–Kier alpha value is -0.300. The molecule has 1 aliphatic carbocycles. The monoisotopic (exact) mass is 237 g/mol. The average Bonchev–Trinajstić information content (AvgIpc) is 2.55. The molecular weight excluding hydrogens is 206 g/mol. The Kier molecular flexibility index (Phi) is 8.42. The highest BCUT2D eigenvalue weighted by Crippen LogP contribution is 2.32. The van der Waals surface area contributed by atoms with Gasteiger partial charge in [0.2, 0.25) is 0 Å². The van der Waals surface area contributed by atoms with Crippen LogP contribution in [0.5, 0.6) is 0 Å². The van der Waals surface area contributed by atoms with Crippen LogP contribution < -0.4 is 5.32 Å². The Bertz CT molecular complexity index is 188. The van der Waals surface area contributed by atoms with Gasteiger partial charge in [-0.1, -0.05) is 51.0 Å². The standard InChI is InChI=1S/C16H31N/c1-3-4-5-6-8-11-15-12-9-7-10-13-16(15)14-17-2/h3,15-17H,1,4-14H2,2H3. The minimum Gasteiger partial charge on any atom is -0.319 e. The number of hydrogen-bond acceptors (Lipinski definition) is 1. The van der Waals surface area contributed by atoms with Crippen molar-refractivity contribution in [2.45, 2.75) is 64.2 Å². The molecule has 0 radical (unpaired) electrons. The highest BCUT2D eigenvalue weighted by molar-refractivity contribution is 4.75. The molecule has 0 saturated heterocycles. The van der Waals surface area contributed by atoms with Crippen molar-refractivity contribution in [1.29, 1.82) is 0 Å². The van der Waals surface area contributed by atoms with Gasteiger partial charge in [-0.05, 0) is 44.7 Å². The van der Waals surface area contributed by atoms with Crippen LogP contribution in [0, 0.1) is 11.8 Å². The van der Waals surface area contributed by atoms with E-state index in [2.05, 4.69) is 25.0 Å². The topological polar surface area (TPSA) is 12.0 Å². The first-order valence-corrected chi connectivity index (χ1v) is 7.64. The van der Waals surface area contributed by atoms with Crippen LogP contribution in [0.3, 0.4) is 0 Å². The van der Waals surface area contributed by atoms with Gasteiger partial charge in [-0.2, -0.15) is 0 Å². The third-order valence-corrected chi connectivity index (χ3v) is 4.27. The summed E-state index contributed by atoms with van der Waals surface area (Å²) in [6, 6.07) is 0. The van der Waals surface area contributed by atoms with Gasteiger partial charge >= 0.3 is 0 Å². The van der Waals surface area contributed by atoms with Crippen LogP contribution in [0.4, 0.5) is 0 Å². The van der Waals surface area contributed by atoms with E-state index >= 15 is 0 Å². The highest BCUT2D eigenvalue weighted by Gasteiger charge is 2.22. The molecule has 1 heteroatoms. The molecule has 1 fully saturated rings. The number of allylic oxidation sites excluding steroid dienone is 1. The molecule has 1 aliphatic rings. The van der Waals surface area contributed by atoms with Gasteiger partial charge in [-0.3, -0.25) is 0 Å². The third kappa shape index (κ3) is 6.26. The molecule has 0 aromatic rings. The smallest absolute Gasteiger partial charge is 0.00209 e. The Balaban J connectivity index is 2.22. The van der Waals surface area contributed by atoms with Crippen molar-refractivity contribution in [2.24, 2.45) is 11.8 Å². The Morgan fingerprint density at radius 1 is 1.06 bits per heavy atom. The maximum atomic E-state index is 3.79. The van der Waals surface area contributed by atoms with Crippen LogP contribution in [0.15, 0.2) is 12.7 Å². The molecule has 0 amide bonds. The SMILES string of the molecule is C=CCCCCCC1CCCCCC1CNC. The molecule has 0 aromatic carbocycles. The fourth-order valence-electron chi connectivity index (χ4n) is 3.24. The van der Waals surface area contributed by atoms with Crippen LogP contribution >= 0.6 is 0 Å². The van der Waals surface area contributed by atoms with E-state index in [0.29, 0.717) is 0 Å². The molecular formula is C16H31N. The van der Waals surface area contributed by atoms with Gasteiger partial charge < -0.3 is 5.32 Å².